The lowest BCUT2D eigenvalue weighted by atomic mass is 10.0. The molecule has 3 amide bonds. The maximum Gasteiger partial charge on any atom is 0.325 e. The molecular weight excluding hydrogens is 259 g/mol. The molecule has 4 nitrogen and oxygen atoms in total. The molecule has 0 saturated carbocycles. The third-order valence-corrected chi connectivity index (χ3v) is 3.27. The van der Waals surface area contributed by atoms with Crippen molar-refractivity contribution in [1.29, 1.82) is 0 Å². The predicted octanol–water partition coefficient (Wildman–Crippen LogP) is 2.31. The molecule has 1 N–H and O–H groups in total. The first-order valence-corrected chi connectivity index (χ1v) is 5.77. The van der Waals surface area contributed by atoms with Gasteiger partial charge in [0.15, 0.2) is 0 Å². The van der Waals surface area contributed by atoms with Gasteiger partial charge in [0.05, 0.1) is 6.54 Å². The number of hydrogen-bond acceptors (Lipinski definition) is 2. The van der Waals surface area contributed by atoms with Crippen LogP contribution in [-0.2, 0) is 11.3 Å². The second-order valence-electron chi connectivity index (χ2n) is 4.64. The zero-order valence-corrected chi connectivity index (χ0v) is 10.7. The normalized spacial score (nSPS) is 18.1. The molecule has 0 bridgehead atoms. The molecule has 2 rings (SSSR count). The Morgan fingerprint density at radius 1 is 1.39 bits per heavy atom. The van der Waals surface area contributed by atoms with Crippen LogP contribution in [0.1, 0.15) is 19.4 Å². The molecule has 0 atom stereocenters. The van der Waals surface area contributed by atoms with Gasteiger partial charge < -0.3 is 4.90 Å². The maximum atomic E-state index is 13.7. The summed E-state index contributed by atoms with van der Waals surface area (Å²) in [5.41, 5.74) is -0.666. The van der Waals surface area contributed by atoms with Crippen LogP contribution in [0.4, 0.5) is 9.18 Å². The minimum Gasteiger partial charge on any atom is -0.306 e. The average Bonchev–Trinajstić information content (AvgIpc) is 2.44. The standard InChI is InChI=1S/C12H12ClFN2O2/c1-12(2)10(17)15-11(18)16(12)6-7-3-4-8(13)5-9(7)14/h3-5H,6H2,1-2H3,(H,15,17,18). The third-order valence-electron chi connectivity index (χ3n) is 3.04. The quantitative estimate of drug-likeness (QED) is 0.839. The minimum absolute atomic E-state index is 0.0214. The van der Waals surface area contributed by atoms with Crippen LogP contribution in [0.15, 0.2) is 18.2 Å². The number of carbonyl (C=O) groups is 2. The fraction of sp³-hybridized carbons (Fsp3) is 0.333. The van der Waals surface area contributed by atoms with Gasteiger partial charge in [-0.1, -0.05) is 17.7 Å². The van der Waals surface area contributed by atoms with Gasteiger partial charge in [-0.3, -0.25) is 10.1 Å². The Balaban J connectivity index is 2.28. The topological polar surface area (TPSA) is 49.4 Å². The Morgan fingerprint density at radius 2 is 2.06 bits per heavy atom. The average molecular weight is 271 g/mol. The van der Waals surface area contributed by atoms with Crippen LogP contribution >= 0.6 is 11.6 Å². The Kier molecular flexibility index (Phi) is 3.02. The van der Waals surface area contributed by atoms with Gasteiger partial charge in [-0.05, 0) is 26.0 Å². The molecule has 1 aromatic rings. The fourth-order valence-corrected chi connectivity index (χ4v) is 1.94. The smallest absolute Gasteiger partial charge is 0.306 e. The number of halogens is 2. The number of nitrogens with zero attached hydrogens (tertiary/aromatic N) is 1. The highest BCUT2D eigenvalue weighted by molar-refractivity contribution is 6.30. The summed E-state index contributed by atoms with van der Waals surface area (Å²) >= 11 is 5.65. The van der Waals surface area contributed by atoms with E-state index in [1.54, 1.807) is 19.9 Å². The molecule has 1 aliphatic rings. The highest BCUT2D eigenvalue weighted by Crippen LogP contribution is 2.25. The van der Waals surface area contributed by atoms with E-state index in [1.165, 1.54) is 17.0 Å². The van der Waals surface area contributed by atoms with Crippen LogP contribution < -0.4 is 5.32 Å². The number of amides is 3. The van der Waals surface area contributed by atoms with Gasteiger partial charge in [0.2, 0.25) is 0 Å². The maximum absolute atomic E-state index is 13.7. The van der Waals surface area contributed by atoms with Crippen LogP contribution in [0, 0.1) is 5.82 Å². The van der Waals surface area contributed by atoms with E-state index in [-0.39, 0.29) is 17.5 Å². The monoisotopic (exact) mass is 270 g/mol. The first-order chi connectivity index (χ1) is 8.32. The van der Waals surface area contributed by atoms with Crippen molar-refractivity contribution in [3.63, 3.8) is 0 Å². The van der Waals surface area contributed by atoms with Crippen molar-refractivity contribution >= 4 is 23.5 Å². The van der Waals surface area contributed by atoms with Crippen molar-refractivity contribution in [2.45, 2.75) is 25.9 Å². The van der Waals surface area contributed by atoms with E-state index in [4.69, 9.17) is 11.6 Å². The Hall–Kier alpha value is -1.62. The summed E-state index contributed by atoms with van der Waals surface area (Å²) in [7, 11) is 0. The van der Waals surface area contributed by atoms with E-state index < -0.39 is 17.4 Å². The summed E-state index contributed by atoms with van der Waals surface area (Å²) in [4.78, 5) is 24.5. The lowest BCUT2D eigenvalue weighted by Gasteiger charge is -2.28. The van der Waals surface area contributed by atoms with E-state index in [2.05, 4.69) is 5.32 Å². The van der Waals surface area contributed by atoms with Crippen LogP contribution in [0.3, 0.4) is 0 Å². The number of benzene rings is 1. The van der Waals surface area contributed by atoms with E-state index in [0.29, 0.717) is 5.56 Å². The fourth-order valence-electron chi connectivity index (χ4n) is 1.78. The lowest BCUT2D eigenvalue weighted by molar-refractivity contribution is -0.125. The summed E-state index contributed by atoms with van der Waals surface area (Å²) in [5, 5.41) is 2.50. The van der Waals surface area contributed by atoms with Crippen LogP contribution in [0.5, 0.6) is 0 Å². The molecule has 0 aliphatic carbocycles. The van der Waals surface area contributed by atoms with Gasteiger partial charge in [-0.15, -0.1) is 0 Å². The number of urea groups is 1. The molecule has 0 aromatic heterocycles. The third kappa shape index (κ3) is 2.06. The molecule has 0 radical (unpaired) electrons. The molecule has 1 heterocycles. The molecule has 0 unspecified atom stereocenters. The van der Waals surface area contributed by atoms with Gasteiger partial charge in [0.25, 0.3) is 5.91 Å². The molecule has 0 spiro atoms. The summed E-state index contributed by atoms with van der Waals surface area (Å²) in [5.74, 6) is -0.882. The van der Waals surface area contributed by atoms with E-state index in [0.717, 1.165) is 0 Å². The Bertz CT molecular complexity index is 531. The minimum atomic E-state index is -0.983. The van der Waals surface area contributed by atoms with Crippen molar-refractivity contribution in [2.75, 3.05) is 0 Å². The molecular formula is C12H12ClFN2O2. The number of nitrogens with one attached hydrogen (secondary N) is 1. The molecule has 18 heavy (non-hydrogen) atoms. The van der Waals surface area contributed by atoms with Crippen LogP contribution in [0.2, 0.25) is 5.02 Å². The van der Waals surface area contributed by atoms with Gasteiger partial charge in [-0.2, -0.15) is 0 Å². The number of carbonyl (C=O) groups excluding carboxylic acids is 2. The molecule has 1 aliphatic heterocycles. The summed E-state index contributed by atoms with van der Waals surface area (Å²) < 4.78 is 13.7. The Labute approximate surface area is 109 Å². The second kappa shape index (κ2) is 4.24. The predicted molar refractivity (Wildman–Crippen MR) is 64.6 cm³/mol. The van der Waals surface area contributed by atoms with E-state index in [9.17, 15) is 14.0 Å². The largest absolute Gasteiger partial charge is 0.325 e. The summed E-state index contributed by atoms with van der Waals surface area (Å²) in [6, 6.07) is 3.71. The number of rotatable bonds is 2. The zero-order chi connectivity index (χ0) is 13.5. The molecule has 1 saturated heterocycles. The molecule has 1 aromatic carbocycles. The van der Waals surface area contributed by atoms with Gasteiger partial charge in [-0.25, -0.2) is 9.18 Å². The second-order valence-corrected chi connectivity index (χ2v) is 5.08. The van der Waals surface area contributed by atoms with Gasteiger partial charge in [0, 0.05) is 10.6 Å². The molecule has 6 heteroatoms. The van der Waals surface area contributed by atoms with Crippen molar-refractivity contribution < 1.29 is 14.0 Å². The SMILES string of the molecule is CC1(C)C(=O)NC(=O)N1Cc1ccc(Cl)cc1F. The van der Waals surface area contributed by atoms with Crippen molar-refractivity contribution in [1.82, 2.24) is 10.2 Å². The first kappa shape index (κ1) is 12.8. The number of hydrogen-bond donors (Lipinski definition) is 1. The van der Waals surface area contributed by atoms with Gasteiger partial charge in [0.1, 0.15) is 11.4 Å². The molecule has 96 valence electrons. The van der Waals surface area contributed by atoms with Gasteiger partial charge >= 0.3 is 6.03 Å². The highest BCUT2D eigenvalue weighted by Gasteiger charge is 2.45. The number of imide groups is 1. The Morgan fingerprint density at radius 3 is 2.56 bits per heavy atom. The van der Waals surface area contributed by atoms with E-state index in [1.807, 2.05) is 0 Å². The molecule has 1 fully saturated rings. The van der Waals surface area contributed by atoms with E-state index >= 15 is 0 Å². The van der Waals surface area contributed by atoms with Crippen molar-refractivity contribution in [3.05, 3.63) is 34.6 Å². The van der Waals surface area contributed by atoms with Crippen molar-refractivity contribution in [2.24, 2.45) is 0 Å². The summed E-state index contributed by atoms with van der Waals surface area (Å²) in [6.45, 7) is 3.25. The zero-order valence-electron chi connectivity index (χ0n) is 9.96. The highest BCUT2D eigenvalue weighted by atomic mass is 35.5. The van der Waals surface area contributed by atoms with Crippen LogP contribution in [-0.4, -0.2) is 22.4 Å². The van der Waals surface area contributed by atoms with Crippen LogP contribution in [0.25, 0.3) is 0 Å². The lowest BCUT2D eigenvalue weighted by Crippen LogP contribution is -2.43. The summed E-state index contributed by atoms with van der Waals surface area (Å²) in [6.07, 6.45) is 0. The first-order valence-electron chi connectivity index (χ1n) is 5.39. The van der Waals surface area contributed by atoms with Crippen molar-refractivity contribution in [3.8, 4) is 0 Å².